The van der Waals surface area contributed by atoms with Crippen LogP contribution >= 0.6 is 0 Å². The molecular formula is C53H34N2O. The van der Waals surface area contributed by atoms with E-state index in [4.69, 9.17) is 14.7 Å². The molecule has 1 aromatic heterocycles. The minimum Gasteiger partial charge on any atom is -0.457 e. The van der Waals surface area contributed by atoms with Crippen molar-refractivity contribution >= 4 is 0 Å². The maximum atomic E-state index is 6.57. The zero-order valence-corrected chi connectivity index (χ0v) is 30.4. The lowest BCUT2D eigenvalue weighted by molar-refractivity contribution is 0.436. The van der Waals surface area contributed by atoms with E-state index in [9.17, 15) is 0 Å². The Kier molecular flexibility index (Phi) is 7.39. The number of rotatable bonds is 5. The highest BCUT2D eigenvalue weighted by molar-refractivity contribution is 5.97. The Morgan fingerprint density at radius 3 is 1.38 bits per heavy atom. The second-order valence-corrected chi connectivity index (χ2v) is 14.4. The first kappa shape index (κ1) is 32.1. The van der Waals surface area contributed by atoms with E-state index in [1.54, 1.807) is 0 Å². The maximum absolute atomic E-state index is 6.57. The van der Waals surface area contributed by atoms with E-state index in [2.05, 4.69) is 182 Å². The van der Waals surface area contributed by atoms with Gasteiger partial charge in [-0.1, -0.05) is 194 Å². The summed E-state index contributed by atoms with van der Waals surface area (Å²) in [6.07, 6.45) is 0. The predicted octanol–water partition coefficient (Wildman–Crippen LogP) is 13.3. The molecule has 0 atom stereocenters. The van der Waals surface area contributed by atoms with E-state index in [-0.39, 0.29) is 0 Å². The van der Waals surface area contributed by atoms with Crippen LogP contribution in [-0.4, -0.2) is 9.97 Å². The summed E-state index contributed by atoms with van der Waals surface area (Å²) in [5.41, 5.74) is 16.1. The summed E-state index contributed by atoms with van der Waals surface area (Å²) in [6, 6.07) is 72.9. The first-order valence-electron chi connectivity index (χ1n) is 19.1. The second-order valence-electron chi connectivity index (χ2n) is 14.4. The van der Waals surface area contributed by atoms with Crippen LogP contribution in [0.1, 0.15) is 22.3 Å². The van der Waals surface area contributed by atoms with Gasteiger partial charge in [0, 0.05) is 33.4 Å². The van der Waals surface area contributed by atoms with E-state index in [0.29, 0.717) is 5.82 Å². The Labute approximate surface area is 326 Å². The summed E-state index contributed by atoms with van der Waals surface area (Å²) >= 11 is 0. The van der Waals surface area contributed by atoms with E-state index in [1.165, 1.54) is 27.8 Å². The summed E-state index contributed by atoms with van der Waals surface area (Å²) < 4.78 is 6.57. The highest BCUT2D eigenvalue weighted by atomic mass is 16.5. The largest absolute Gasteiger partial charge is 0.457 e. The number of nitrogens with zero attached hydrogens (tertiary/aromatic N) is 2. The molecule has 0 radical (unpaired) electrons. The third-order valence-electron chi connectivity index (χ3n) is 11.4. The van der Waals surface area contributed by atoms with Gasteiger partial charge in [-0.25, -0.2) is 9.97 Å². The van der Waals surface area contributed by atoms with E-state index >= 15 is 0 Å². The van der Waals surface area contributed by atoms with Crippen molar-refractivity contribution in [2.45, 2.75) is 5.41 Å². The third-order valence-corrected chi connectivity index (χ3v) is 11.4. The van der Waals surface area contributed by atoms with Gasteiger partial charge in [-0.15, -0.1) is 0 Å². The SMILES string of the molecule is c1ccc(-c2nc(-c3ccccc3)c(-c3ccccc3)c(-c3ccc(-c4cccc5c4-c4ccccc4C54c5ccccc5Oc5ccccc54)cc3)n2)cc1. The number of hydrogen-bond acceptors (Lipinski definition) is 3. The number of benzene rings is 8. The zero-order chi connectivity index (χ0) is 37.1. The fourth-order valence-electron chi connectivity index (χ4n) is 9.02. The van der Waals surface area contributed by atoms with Gasteiger partial charge in [-0.2, -0.15) is 0 Å². The van der Waals surface area contributed by atoms with Gasteiger partial charge in [-0.05, 0) is 51.1 Å². The predicted molar refractivity (Wildman–Crippen MR) is 227 cm³/mol. The fourth-order valence-corrected chi connectivity index (χ4v) is 9.02. The lowest BCUT2D eigenvalue weighted by Gasteiger charge is -2.39. The smallest absolute Gasteiger partial charge is 0.160 e. The molecule has 8 aromatic carbocycles. The minimum absolute atomic E-state index is 0.513. The molecule has 0 bridgehead atoms. The van der Waals surface area contributed by atoms with Crippen LogP contribution in [0.3, 0.4) is 0 Å². The molecule has 262 valence electrons. The summed E-state index contributed by atoms with van der Waals surface area (Å²) in [4.78, 5) is 10.6. The quantitative estimate of drug-likeness (QED) is 0.178. The van der Waals surface area contributed by atoms with Gasteiger partial charge >= 0.3 is 0 Å². The van der Waals surface area contributed by atoms with E-state index < -0.39 is 5.41 Å². The average molecular weight is 715 g/mol. The second kappa shape index (κ2) is 12.9. The van der Waals surface area contributed by atoms with Crippen LogP contribution in [0.25, 0.3) is 67.3 Å². The highest BCUT2D eigenvalue weighted by Crippen LogP contribution is 2.63. The van der Waals surface area contributed by atoms with Crippen LogP contribution in [0.2, 0.25) is 0 Å². The zero-order valence-electron chi connectivity index (χ0n) is 30.4. The molecular weight excluding hydrogens is 681 g/mol. The van der Waals surface area contributed by atoms with E-state index in [1.807, 2.05) is 24.3 Å². The van der Waals surface area contributed by atoms with Crippen LogP contribution in [0.15, 0.2) is 206 Å². The topological polar surface area (TPSA) is 35.0 Å². The van der Waals surface area contributed by atoms with Crippen molar-refractivity contribution in [2.75, 3.05) is 0 Å². The Morgan fingerprint density at radius 2 is 0.750 bits per heavy atom. The van der Waals surface area contributed by atoms with Crippen LogP contribution in [-0.2, 0) is 5.41 Å². The van der Waals surface area contributed by atoms with Crippen LogP contribution in [0.5, 0.6) is 11.5 Å². The molecule has 1 aliphatic heterocycles. The number of para-hydroxylation sites is 2. The van der Waals surface area contributed by atoms with Gasteiger partial charge in [0.05, 0.1) is 16.8 Å². The van der Waals surface area contributed by atoms with Crippen LogP contribution in [0.4, 0.5) is 0 Å². The normalized spacial score (nSPS) is 12.9. The van der Waals surface area contributed by atoms with Gasteiger partial charge in [0.15, 0.2) is 5.82 Å². The molecule has 0 saturated carbocycles. The standard InChI is InChI=1S/C53H34N2O/c1-4-17-36(18-5-1)48-50(37-19-6-2-7-20-37)54-52(39-21-8-3-9-22-39)55-51(48)38-33-31-35(32-34-38)40-24-16-28-45-49(40)41-23-10-11-25-42(41)53(45)43-26-12-14-29-46(43)56-47-30-15-13-27-44(47)53/h1-34H. The van der Waals surface area contributed by atoms with Crippen molar-refractivity contribution in [1.82, 2.24) is 9.97 Å². The van der Waals surface area contributed by atoms with Gasteiger partial charge in [0.1, 0.15) is 11.5 Å². The third kappa shape index (κ3) is 4.84. The van der Waals surface area contributed by atoms with Gasteiger partial charge in [0.2, 0.25) is 0 Å². The molecule has 0 unspecified atom stereocenters. The van der Waals surface area contributed by atoms with Crippen molar-refractivity contribution < 1.29 is 4.74 Å². The summed E-state index contributed by atoms with van der Waals surface area (Å²) in [5, 5.41) is 0. The highest BCUT2D eigenvalue weighted by Gasteiger charge is 2.51. The number of ether oxygens (including phenoxy) is 1. The maximum Gasteiger partial charge on any atom is 0.160 e. The van der Waals surface area contributed by atoms with Crippen molar-refractivity contribution in [2.24, 2.45) is 0 Å². The molecule has 1 aliphatic carbocycles. The Bertz CT molecular complexity index is 2870. The van der Waals surface area contributed by atoms with Crippen molar-refractivity contribution in [3.8, 4) is 78.8 Å². The summed E-state index contributed by atoms with van der Waals surface area (Å²) in [5.74, 6) is 2.49. The summed E-state index contributed by atoms with van der Waals surface area (Å²) in [6.45, 7) is 0. The molecule has 0 amide bonds. The molecule has 1 spiro atoms. The summed E-state index contributed by atoms with van der Waals surface area (Å²) in [7, 11) is 0. The van der Waals surface area contributed by atoms with Crippen molar-refractivity contribution in [3.63, 3.8) is 0 Å². The first-order valence-corrected chi connectivity index (χ1v) is 19.1. The number of hydrogen-bond donors (Lipinski definition) is 0. The first-order chi connectivity index (χ1) is 27.8. The molecule has 0 fully saturated rings. The molecule has 3 heteroatoms. The molecule has 56 heavy (non-hydrogen) atoms. The van der Waals surface area contributed by atoms with Crippen LogP contribution in [0, 0.1) is 0 Å². The van der Waals surface area contributed by atoms with Crippen molar-refractivity contribution in [3.05, 3.63) is 229 Å². The molecule has 0 saturated heterocycles. The Morgan fingerprint density at radius 1 is 0.304 bits per heavy atom. The molecule has 3 nitrogen and oxygen atoms in total. The van der Waals surface area contributed by atoms with Crippen LogP contribution < -0.4 is 4.74 Å². The van der Waals surface area contributed by atoms with E-state index in [0.717, 1.165) is 67.4 Å². The number of aromatic nitrogens is 2. The lowest BCUT2D eigenvalue weighted by atomic mass is 9.66. The fraction of sp³-hybridized carbons (Fsp3) is 0.0189. The Hall–Kier alpha value is -7.36. The monoisotopic (exact) mass is 714 g/mol. The molecule has 0 N–H and O–H groups in total. The molecule has 9 aromatic rings. The van der Waals surface area contributed by atoms with Crippen molar-refractivity contribution in [1.29, 1.82) is 0 Å². The van der Waals surface area contributed by atoms with Gasteiger partial charge in [0.25, 0.3) is 0 Å². The van der Waals surface area contributed by atoms with Gasteiger partial charge in [-0.3, -0.25) is 0 Å². The Balaban J connectivity index is 1.12. The lowest BCUT2D eigenvalue weighted by Crippen LogP contribution is -2.32. The average Bonchev–Trinajstić information content (AvgIpc) is 3.58. The van der Waals surface area contributed by atoms with Gasteiger partial charge < -0.3 is 4.74 Å². The molecule has 11 rings (SSSR count). The molecule has 2 heterocycles. The minimum atomic E-state index is -0.513. The molecule has 2 aliphatic rings. The number of fused-ring (bicyclic) bond motifs is 9.